The minimum atomic E-state index is -0.468. The minimum absolute atomic E-state index is 0.0701. The molecule has 0 aromatic rings. The van der Waals surface area contributed by atoms with Crippen molar-refractivity contribution in [2.75, 3.05) is 13.2 Å². The molecule has 0 saturated carbocycles. The Hall–Kier alpha value is -0.610. The van der Waals surface area contributed by atoms with Crippen LogP contribution < -0.4 is 11.1 Å². The van der Waals surface area contributed by atoms with Crippen LogP contribution in [0.2, 0.25) is 0 Å². The number of hydrogen-bond donors (Lipinski definition) is 3. The number of amides is 1. The molecule has 0 bridgehead atoms. The van der Waals surface area contributed by atoms with E-state index in [2.05, 4.69) is 5.32 Å². The van der Waals surface area contributed by atoms with Gasteiger partial charge in [-0.1, -0.05) is 13.8 Å². The monoisotopic (exact) mass is 188 g/mol. The van der Waals surface area contributed by atoms with E-state index >= 15 is 0 Å². The molecule has 4 N–H and O–H groups in total. The van der Waals surface area contributed by atoms with Crippen molar-refractivity contribution in [3.63, 3.8) is 0 Å². The smallest absolute Gasteiger partial charge is 0.236 e. The van der Waals surface area contributed by atoms with Crippen molar-refractivity contribution in [2.45, 2.75) is 33.2 Å². The summed E-state index contributed by atoms with van der Waals surface area (Å²) in [5.74, 6) is -0.147. The number of aliphatic hydroxyl groups excluding tert-OH is 1. The normalized spacial score (nSPS) is 13.9. The highest BCUT2D eigenvalue weighted by Crippen LogP contribution is 2.17. The lowest BCUT2D eigenvalue weighted by Gasteiger charge is -2.24. The SMILES string of the molecule is C[C@@H](N)C(=O)NCC(C)(C)CCO. The largest absolute Gasteiger partial charge is 0.396 e. The molecule has 0 rings (SSSR count). The van der Waals surface area contributed by atoms with Crippen molar-refractivity contribution >= 4 is 5.91 Å². The third-order valence-electron chi connectivity index (χ3n) is 1.94. The first-order chi connectivity index (χ1) is 5.89. The third-order valence-corrected chi connectivity index (χ3v) is 1.94. The van der Waals surface area contributed by atoms with Crippen LogP contribution in [0.15, 0.2) is 0 Å². The zero-order valence-corrected chi connectivity index (χ0v) is 8.63. The maximum atomic E-state index is 11.1. The van der Waals surface area contributed by atoms with Gasteiger partial charge in [0.25, 0.3) is 0 Å². The van der Waals surface area contributed by atoms with E-state index in [1.807, 2.05) is 13.8 Å². The van der Waals surface area contributed by atoms with Gasteiger partial charge in [-0.25, -0.2) is 0 Å². The Morgan fingerprint density at radius 3 is 2.54 bits per heavy atom. The zero-order valence-electron chi connectivity index (χ0n) is 8.63. The number of nitrogens with two attached hydrogens (primary N) is 1. The first-order valence-corrected chi connectivity index (χ1v) is 4.53. The molecule has 1 amide bonds. The van der Waals surface area contributed by atoms with Crippen molar-refractivity contribution < 1.29 is 9.90 Å². The Kier molecular flexibility index (Phi) is 4.95. The standard InChI is InChI=1S/C9H20N2O2/c1-7(10)8(13)11-6-9(2,3)4-5-12/h7,12H,4-6,10H2,1-3H3,(H,11,13)/t7-/m1/s1. The summed E-state index contributed by atoms with van der Waals surface area (Å²) in [7, 11) is 0. The highest BCUT2D eigenvalue weighted by atomic mass is 16.3. The molecule has 0 aliphatic carbocycles. The molecule has 0 spiro atoms. The summed E-state index contributed by atoms with van der Waals surface area (Å²) in [6, 6.07) is -0.468. The van der Waals surface area contributed by atoms with Crippen molar-refractivity contribution in [2.24, 2.45) is 11.1 Å². The summed E-state index contributed by atoms with van der Waals surface area (Å²) >= 11 is 0. The van der Waals surface area contributed by atoms with Crippen LogP contribution in [-0.4, -0.2) is 30.2 Å². The van der Waals surface area contributed by atoms with Gasteiger partial charge in [-0.05, 0) is 18.8 Å². The Balaban J connectivity index is 3.80. The van der Waals surface area contributed by atoms with Crippen LogP contribution in [0.5, 0.6) is 0 Å². The lowest BCUT2D eigenvalue weighted by Crippen LogP contribution is -2.42. The van der Waals surface area contributed by atoms with Crippen LogP contribution in [0.1, 0.15) is 27.2 Å². The molecule has 1 atom stereocenters. The molecule has 4 heteroatoms. The first-order valence-electron chi connectivity index (χ1n) is 4.53. The lowest BCUT2D eigenvalue weighted by atomic mass is 9.90. The average Bonchev–Trinajstić information content (AvgIpc) is 2.00. The fourth-order valence-corrected chi connectivity index (χ4v) is 0.878. The fraction of sp³-hybridized carbons (Fsp3) is 0.889. The summed E-state index contributed by atoms with van der Waals surface area (Å²) in [6.45, 7) is 6.32. The van der Waals surface area contributed by atoms with E-state index in [9.17, 15) is 4.79 Å². The Labute approximate surface area is 79.5 Å². The van der Waals surface area contributed by atoms with Crippen molar-refractivity contribution in [3.05, 3.63) is 0 Å². The summed E-state index contributed by atoms with van der Waals surface area (Å²) in [4.78, 5) is 11.1. The average molecular weight is 188 g/mol. The first kappa shape index (κ1) is 12.4. The fourth-order valence-electron chi connectivity index (χ4n) is 0.878. The second kappa shape index (κ2) is 5.19. The van der Waals surface area contributed by atoms with E-state index in [1.165, 1.54) is 0 Å². The zero-order chi connectivity index (χ0) is 10.5. The van der Waals surface area contributed by atoms with Gasteiger partial charge in [0.2, 0.25) is 5.91 Å². The predicted octanol–water partition coefficient (Wildman–Crippen LogP) is -0.142. The molecular weight excluding hydrogens is 168 g/mol. The van der Waals surface area contributed by atoms with Gasteiger partial charge in [0, 0.05) is 13.2 Å². The third kappa shape index (κ3) is 5.60. The van der Waals surface area contributed by atoms with E-state index in [-0.39, 0.29) is 17.9 Å². The Bertz CT molecular complexity index is 167. The molecule has 0 aromatic heterocycles. The van der Waals surface area contributed by atoms with Gasteiger partial charge in [0.1, 0.15) is 0 Å². The van der Waals surface area contributed by atoms with Crippen LogP contribution in [0, 0.1) is 5.41 Å². The Morgan fingerprint density at radius 1 is 1.62 bits per heavy atom. The van der Waals surface area contributed by atoms with Crippen molar-refractivity contribution in [1.82, 2.24) is 5.32 Å². The molecule has 78 valence electrons. The number of hydrogen-bond acceptors (Lipinski definition) is 3. The number of nitrogens with one attached hydrogen (secondary N) is 1. The quantitative estimate of drug-likeness (QED) is 0.562. The number of carbonyl (C=O) groups excluding carboxylic acids is 1. The van der Waals surface area contributed by atoms with Gasteiger partial charge in [-0.15, -0.1) is 0 Å². The summed E-state index contributed by atoms with van der Waals surface area (Å²) < 4.78 is 0. The van der Waals surface area contributed by atoms with Gasteiger partial charge in [0.05, 0.1) is 6.04 Å². The molecule has 0 aliphatic heterocycles. The minimum Gasteiger partial charge on any atom is -0.396 e. The molecular formula is C9H20N2O2. The second-order valence-electron chi connectivity index (χ2n) is 4.14. The van der Waals surface area contributed by atoms with Crippen LogP contribution >= 0.6 is 0 Å². The van der Waals surface area contributed by atoms with Crippen LogP contribution in [-0.2, 0) is 4.79 Å². The van der Waals surface area contributed by atoms with E-state index < -0.39 is 6.04 Å². The molecule has 0 saturated heterocycles. The molecule has 0 heterocycles. The van der Waals surface area contributed by atoms with E-state index in [4.69, 9.17) is 10.8 Å². The summed E-state index contributed by atoms with van der Waals surface area (Å²) in [5, 5.41) is 11.5. The van der Waals surface area contributed by atoms with Gasteiger partial charge in [-0.2, -0.15) is 0 Å². The summed E-state index contributed by atoms with van der Waals surface area (Å²) in [6.07, 6.45) is 0.673. The van der Waals surface area contributed by atoms with Gasteiger partial charge in [0.15, 0.2) is 0 Å². The van der Waals surface area contributed by atoms with Crippen molar-refractivity contribution in [1.29, 1.82) is 0 Å². The second-order valence-corrected chi connectivity index (χ2v) is 4.14. The van der Waals surface area contributed by atoms with Gasteiger partial charge in [-0.3, -0.25) is 4.79 Å². The Morgan fingerprint density at radius 2 is 2.15 bits per heavy atom. The summed E-state index contributed by atoms with van der Waals surface area (Å²) in [5.41, 5.74) is 5.31. The maximum absolute atomic E-state index is 11.1. The molecule has 0 unspecified atom stereocenters. The molecule has 0 aliphatic rings. The number of carbonyl (C=O) groups is 1. The molecule has 0 fully saturated rings. The highest BCUT2D eigenvalue weighted by Gasteiger charge is 2.18. The lowest BCUT2D eigenvalue weighted by molar-refractivity contribution is -0.122. The van der Waals surface area contributed by atoms with Crippen LogP contribution in [0.25, 0.3) is 0 Å². The number of rotatable bonds is 5. The van der Waals surface area contributed by atoms with E-state index in [1.54, 1.807) is 6.92 Å². The predicted molar refractivity (Wildman–Crippen MR) is 52.1 cm³/mol. The maximum Gasteiger partial charge on any atom is 0.236 e. The highest BCUT2D eigenvalue weighted by molar-refractivity contribution is 5.80. The van der Waals surface area contributed by atoms with Gasteiger partial charge >= 0.3 is 0 Å². The molecule has 0 radical (unpaired) electrons. The van der Waals surface area contributed by atoms with Crippen LogP contribution in [0.3, 0.4) is 0 Å². The topological polar surface area (TPSA) is 75.4 Å². The number of aliphatic hydroxyl groups is 1. The van der Waals surface area contributed by atoms with E-state index in [0.29, 0.717) is 13.0 Å². The van der Waals surface area contributed by atoms with E-state index in [0.717, 1.165) is 0 Å². The van der Waals surface area contributed by atoms with Crippen molar-refractivity contribution in [3.8, 4) is 0 Å². The molecule has 0 aromatic carbocycles. The van der Waals surface area contributed by atoms with Gasteiger partial charge < -0.3 is 16.2 Å². The molecule has 13 heavy (non-hydrogen) atoms. The molecule has 4 nitrogen and oxygen atoms in total. The van der Waals surface area contributed by atoms with Crippen LogP contribution in [0.4, 0.5) is 0 Å².